The van der Waals surface area contributed by atoms with Crippen molar-refractivity contribution in [1.82, 2.24) is 9.97 Å². The van der Waals surface area contributed by atoms with E-state index in [1.807, 2.05) is 0 Å². The number of H-pyrrole nitrogens is 1. The lowest BCUT2D eigenvalue weighted by Crippen LogP contribution is -2.06. The Hall–Kier alpha value is -2.48. The summed E-state index contributed by atoms with van der Waals surface area (Å²) >= 11 is 3.32. The predicted octanol–water partition coefficient (Wildman–Crippen LogP) is 3.56. The van der Waals surface area contributed by atoms with Crippen molar-refractivity contribution in [2.24, 2.45) is 0 Å². The molecule has 3 aromatic rings. The highest BCUT2D eigenvalue weighted by atomic mass is 79.9. The van der Waals surface area contributed by atoms with Gasteiger partial charge in [0.2, 0.25) is 0 Å². The zero-order valence-corrected chi connectivity index (χ0v) is 13.0. The summed E-state index contributed by atoms with van der Waals surface area (Å²) in [5.41, 5.74) is 1.53. The normalized spacial score (nSPS) is 11.0. The van der Waals surface area contributed by atoms with Gasteiger partial charge in [-0.2, -0.15) is 0 Å². The van der Waals surface area contributed by atoms with E-state index in [0.29, 0.717) is 26.3 Å². The summed E-state index contributed by atoms with van der Waals surface area (Å²) in [6.07, 6.45) is 1.51. The van der Waals surface area contributed by atoms with Gasteiger partial charge in [0, 0.05) is 27.4 Å². The molecular weight excluding hydrogens is 354 g/mol. The molecule has 1 N–H and O–H groups in total. The molecule has 0 spiro atoms. The molecule has 0 saturated heterocycles. The van der Waals surface area contributed by atoms with Crippen molar-refractivity contribution in [2.45, 2.75) is 6.92 Å². The van der Waals surface area contributed by atoms with E-state index in [1.165, 1.54) is 18.3 Å². The van der Waals surface area contributed by atoms with Crippen LogP contribution in [0.2, 0.25) is 0 Å². The van der Waals surface area contributed by atoms with Crippen LogP contribution in [-0.2, 0) is 4.74 Å². The van der Waals surface area contributed by atoms with E-state index in [-0.39, 0.29) is 18.0 Å². The number of carbonyl (C=O) groups is 1. The van der Waals surface area contributed by atoms with Crippen LogP contribution in [0, 0.1) is 10.1 Å². The summed E-state index contributed by atoms with van der Waals surface area (Å²) in [5.74, 6) is -0.525. The molecule has 8 heteroatoms. The number of pyridine rings is 1. The summed E-state index contributed by atoms with van der Waals surface area (Å²) in [6, 6.07) is 4.47. The Morgan fingerprint density at radius 3 is 2.86 bits per heavy atom. The monoisotopic (exact) mass is 363 g/mol. The molecule has 0 amide bonds. The molecule has 0 aliphatic carbocycles. The molecule has 3 rings (SSSR count). The molecule has 112 valence electrons. The molecule has 7 nitrogen and oxygen atoms in total. The van der Waals surface area contributed by atoms with Crippen LogP contribution < -0.4 is 0 Å². The summed E-state index contributed by atoms with van der Waals surface area (Å²) in [7, 11) is 0. The Kier molecular flexibility index (Phi) is 3.53. The minimum atomic E-state index is -0.525. The predicted molar refractivity (Wildman–Crippen MR) is 83.9 cm³/mol. The Bertz CT molecular complexity index is 919. The number of nitro groups is 1. The second-order valence-electron chi connectivity index (χ2n) is 4.57. The number of esters is 1. The molecule has 0 unspecified atom stereocenters. The van der Waals surface area contributed by atoms with Gasteiger partial charge in [0.05, 0.1) is 28.8 Å². The van der Waals surface area contributed by atoms with E-state index in [0.717, 1.165) is 0 Å². The molecule has 0 radical (unpaired) electrons. The lowest BCUT2D eigenvalue weighted by atomic mass is 10.1. The van der Waals surface area contributed by atoms with Crippen molar-refractivity contribution in [3.05, 3.63) is 44.7 Å². The van der Waals surface area contributed by atoms with Crippen LogP contribution in [0.1, 0.15) is 17.4 Å². The second-order valence-corrected chi connectivity index (χ2v) is 5.42. The highest BCUT2D eigenvalue weighted by Crippen LogP contribution is 2.34. The fraction of sp³-hybridized carbons (Fsp3) is 0.143. The number of aromatic amines is 1. The fourth-order valence-electron chi connectivity index (χ4n) is 2.27. The van der Waals surface area contributed by atoms with Crippen molar-refractivity contribution in [3.63, 3.8) is 0 Å². The molecular formula is C14H10BrN3O4. The molecule has 0 bridgehead atoms. The summed E-state index contributed by atoms with van der Waals surface area (Å²) in [4.78, 5) is 29.5. The average Bonchev–Trinajstić information content (AvgIpc) is 2.86. The Balaban J connectivity index is 2.28. The number of ether oxygens (including phenoxy) is 1. The number of non-ortho nitro benzene ring substituents is 1. The van der Waals surface area contributed by atoms with Gasteiger partial charge >= 0.3 is 5.97 Å². The van der Waals surface area contributed by atoms with Crippen molar-refractivity contribution in [3.8, 4) is 0 Å². The van der Waals surface area contributed by atoms with E-state index in [1.54, 1.807) is 13.0 Å². The maximum Gasteiger partial charge on any atom is 0.356 e. The SMILES string of the molecule is CCOC(=O)c1cc2c(cn1)[nH]c1c(Br)cc([N+](=O)[O-])cc12. The first-order valence-corrected chi connectivity index (χ1v) is 7.23. The standard InChI is InChI=1S/C14H10BrN3O4/c1-2-22-14(19)11-5-8-9-3-7(18(20)21)4-10(15)13(9)17-12(8)6-16-11/h3-6,17H,2H2,1H3. The molecule has 0 aliphatic rings. The van der Waals surface area contributed by atoms with E-state index in [9.17, 15) is 14.9 Å². The van der Waals surface area contributed by atoms with Crippen LogP contribution in [0.4, 0.5) is 5.69 Å². The zero-order valence-electron chi connectivity index (χ0n) is 11.4. The zero-order chi connectivity index (χ0) is 15.9. The quantitative estimate of drug-likeness (QED) is 0.435. The molecule has 22 heavy (non-hydrogen) atoms. The van der Waals surface area contributed by atoms with Gasteiger partial charge in [-0.1, -0.05) is 0 Å². The lowest BCUT2D eigenvalue weighted by molar-refractivity contribution is -0.384. The van der Waals surface area contributed by atoms with Crippen LogP contribution in [0.25, 0.3) is 21.8 Å². The number of nitrogens with zero attached hydrogens (tertiary/aromatic N) is 2. The third-order valence-electron chi connectivity index (χ3n) is 3.22. The van der Waals surface area contributed by atoms with Gasteiger partial charge in [-0.15, -0.1) is 0 Å². The minimum absolute atomic E-state index is 0.0326. The number of halogens is 1. The third-order valence-corrected chi connectivity index (χ3v) is 3.85. The van der Waals surface area contributed by atoms with Gasteiger partial charge in [0.1, 0.15) is 5.69 Å². The van der Waals surface area contributed by atoms with Crippen molar-refractivity contribution in [2.75, 3.05) is 6.61 Å². The number of nitrogens with one attached hydrogen (secondary N) is 1. The largest absolute Gasteiger partial charge is 0.461 e. The molecule has 0 fully saturated rings. The van der Waals surface area contributed by atoms with Gasteiger partial charge in [-0.3, -0.25) is 10.1 Å². The number of rotatable bonds is 3. The number of fused-ring (bicyclic) bond motifs is 3. The molecule has 2 heterocycles. The van der Waals surface area contributed by atoms with Crippen LogP contribution in [0.5, 0.6) is 0 Å². The fourth-order valence-corrected chi connectivity index (χ4v) is 2.81. The number of benzene rings is 1. The molecule has 2 aromatic heterocycles. The molecule has 0 saturated carbocycles. The average molecular weight is 364 g/mol. The number of nitro benzene ring substituents is 1. The molecule has 0 atom stereocenters. The van der Waals surface area contributed by atoms with Gasteiger partial charge in [-0.25, -0.2) is 9.78 Å². The van der Waals surface area contributed by atoms with Crippen LogP contribution in [-0.4, -0.2) is 27.5 Å². The summed E-state index contributed by atoms with van der Waals surface area (Å²) in [5, 5.41) is 12.3. The summed E-state index contributed by atoms with van der Waals surface area (Å²) < 4.78 is 5.50. The van der Waals surface area contributed by atoms with Crippen molar-refractivity contribution < 1.29 is 14.5 Å². The Labute approximate surface area is 132 Å². The van der Waals surface area contributed by atoms with Crippen molar-refractivity contribution >= 4 is 49.4 Å². The maximum absolute atomic E-state index is 11.8. The number of hydrogen-bond acceptors (Lipinski definition) is 5. The van der Waals surface area contributed by atoms with Gasteiger partial charge < -0.3 is 9.72 Å². The number of aromatic nitrogens is 2. The van der Waals surface area contributed by atoms with E-state index >= 15 is 0 Å². The summed E-state index contributed by atoms with van der Waals surface area (Å²) in [6.45, 7) is 1.96. The first-order valence-electron chi connectivity index (χ1n) is 6.43. The van der Waals surface area contributed by atoms with Gasteiger partial charge in [-0.05, 0) is 28.9 Å². The van der Waals surface area contributed by atoms with Crippen molar-refractivity contribution in [1.29, 1.82) is 0 Å². The maximum atomic E-state index is 11.8. The first-order chi connectivity index (χ1) is 10.5. The highest BCUT2D eigenvalue weighted by Gasteiger charge is 2.16. The molecule has 0 aliphatic heterocycles. The first kappa shape index (κ1) is 14.5. The highest BCUT2D eigenvalue weighted by molar-refractivity contribution is 9.10. The van der Waals surface area contributed by atoms with Crippen LogP contribution >= 0.6 is 15.9 Å². The molecule has 1 aromatic carbocycles. The Morgan fingerprint density at radius 2 is 2.18 bits per heavy atom. The minimum Gasteiger partial charge on any atom is -0.461 e. The van der Waals surface area contributed by atoms with E-state index in [2.05, 4.69) is 25.9 Å². The third kappa shape index (κ3) is 2.31. The topological polar surface area (TPSA) is 98.1 Å². The second kappa shape index (κ2) is 5.38. The smallest absolute Gasteiger partial charge is 0.356 e. The number of carbonyl (C=O) groups excluding carboxylic acids is 1. The number of hydrogen-bond donors (Lipinski definition) is 1. The van der Waals surface area contributed by atoms with E-state index < -0.39 is 10.9 Å². The van der Waals surface area contributed by atoms with Crippen LogP contribution in [0.3, 0.4) is 0 Å². The van der Waals surface area contributed by atoms with Gasteiger partial charge in [0.15, 0.2) is 0 Å². The van der Waals surface area contributed by atoms with Crippen LogP contribution in [0.15, 0.2) is 28.9 Å². The Morgan fingerprint density at radius 1 is 1.41 bits per heavy atom. The lowest BCUT2D eigenvalue weighted by Gasteiger charge is -2.00. The van der Waals surface area contributed by atoms with E-state index in [4.69, 9.17) is 4.74 Å². The van der Waals surface area contributed by atoms with Gasteiger partial charge in [0.25, 0.3) is 5.69 Å².